The SMILES string of the molecule is O=C(Cc1ccccc1)Oc1ccc2c(c1)O/C(=C\c1ccccc1)C2=O. The van der Waals surface area contributed by atoms with E-state index in [9.17, 15) is 9.59 Å². The number of carbonyl (C=O) groups is 2. The Hall–Kier alpha value is -3.66. The monoisotopic (exact) mass is 356 g/mol. The van der Waals surface area contributed by atoms with Gasteiger partial charge in [0.25, 0.3) is 0 Å². The number of ether oxygens (including phenoxy) is 2. The van der Waals surface area contributed by atoms with E-state index in [0.717, 1.165) is 11.1 Å². The number of esters is 1. The van der Waals surface area contributed by atoms with Crippen molar-refractivity contribution in [1.82, 2.24) is 0 Å². The van der Waals surface area contributed by atoms with Crippen LogP contribution < -0.4 is 9.47 Å². The third kappa shape index (κ3) is 3.80. The Balaban J connectivity index is 1.49. The summed E-state index contributed by atoms with van der Waals surface area (Å²) in [5, 5.41) is 0. The van der Waals surface area contributed by atoms with E-state index in [1.807, 2.05) is 60.7 Å². The molecule has 1 aliphatic heterocycles. The van der Waals surface area contributed by atoms with Crippen LogP contribution in [-0.4, -0.2) is 11.8 Å². The van der Waals surface area contributed by atoms with Crippen molar-refractivity contribution in [2.45, 2.75) is 6.42 Å². The Morgan fingerprint density at radius 3 is 2.37 bits per heavy atom. The minimum Gasteiger partial charge on any atom is -0.452 e. The highest BCUT2D eigenvalue weighted by Crippen LogP contribution is 2.35. The number of allylic oxidation sites excluding steroid dienone is 1. The van der Waals surface area contributed by atoms with Gasteiger partial charge >= 0.3 is 5.97 Å². The molecular weight excluding hydrogens is 340 g/mol. The van der Waals surface area contributed by atoms with E-state index in [2.05, 4.69) is 0 Å². The molecule has 0 saturated heterocycles. The van der Waals surface area contributed by atoms with Crippen LogP contribution in [0.15, 0.2) is 84.6 Å². The van der Waals surface area contributed by atoms with Crippen LogP contribution in [-0.2, 0) is 11.2 Å². The van der Waals surface area contributed by atoms with E-state index >= 15 is 0 Å². The number of carbonyl (C=O) groups excluding carboxylic acids is 2. The summed E-state index contributed by atoms with van der Waals surface area (Å²) in [5.74, 6) is 0.445. The molecule has 0 atom stereocenters. The number of hydrogen-bond donors (Lipinski definition) is 0. The van der Waals surface area contributed by atoms with Gasteiger partial charge in [-0.3, -0.25) is 9.59 Å². The summed E-state index contributed by atoms with van der Waals surface area (Å²) in [6.45, 7) is 0. The molecule has 0 amide bonds. The highest BCUT2D eigenvalue weighted by Gasteiger charge is 2.28. The zero-order chi connectivity index (χ0) is 18.6. The normalized spacial score (nSPS) is 13.9. The lowest BCUT2D eigenvalue weighted by molar-refractivity contribution is -0.133. The van der Waals surface area contributed by atoms with Crippen LogP contribution in [0.4, 0.5) is 0 Å². The lowest BCUT2D eigenvalue weighted by Crippen LogP contribution is -2.11. The van der Waals surface area contributed by atoms with Crippen LogP contribution in [0.1, 0.15) is 21.5 Å². The summed E-state index contributed by atoms with van der Waals surface area (Å²) in [5.41, 5.74) is 2.21. The number of Topliss-reactive ketones (excluding diaryl/α,β-unsaturated/α-hetero) is 1. The van der Waals surface area contributed by atoms with Crippen LogP contribution >= 0.6 is 0 Å². The molecule has 0 radical (unpaired) electrons. The lowest BCUT2D eigenvalue weighted by Gasteiger charge is -2.05. The summed E-state index contributed by atoms with van der Waals surface area (Å²) in [7, 11) is 0. The molecule has 4 rings (SSSR count). The van der Waals surface area contributed by atoms with Crippen molar-refractivity contribution >= 4 is 17.8 Å². The smallest absolute Gasteiger partial charge is 0.315 e. The predicted molar refractivity (Wildman–Crippen MR) is 102 cm³/mol. The molecule has 1 aliphatic rings. The van der Waals surface area contributed by atoms with Crippen LogP contribution in [0.3, 0.4) is 0 Å². The van der Waals surface area contributed by atoms with Gasteiger partial charge in [0.05, 0.1) is 12.0 Å². The average molecular weight is 356 g/mol. The van der Waals surface area contributed by atoms with Crippen LogP contribution in [0.25, 0.3) is 6.08 Å². The lowest BCUT2D eigenvalue weighted by atomic mass is 10.1. The molecule has 0 N–H and O–H groups in total. The van der Waals surface area contributed by atoms with Gasteiger partial charge in [-0.15, -0.1) is 0 Å². The van der Waals surface area contributed by atoms with E-state index in [-0.39, 0.29) is 23.9 Å². The molecule has 3 aromatic rings. The zero-order valence-electron chi connectivity index (χ0n) is 14.4. The first-order valence-corrected chi connectivity index (χ1v) is 8.57. The zero-order valence-corrected chi connectivity index (χ0v) is 14.4. The topological polar surface area (TPSA) is 52.6 Å². The van der Waals surface area contributed by atoms with Crippen molar-refractivity contribution in [2.24, 2.45) is 0 Å². The van der Waals surface area contributed by atoms with Gasteiger partial charge in [-0.1, -0.05) is 60.7 Å². The van der Waals surface area contributed by atoms with Gasteiger partial charge in [0.2, 0.25) is 5.78 Å². The van der Waals surface area contributed by atoms with Gasteiger partial charge in [-0.2, -0.15) is 0 Å². The largest absolute Gasteiger partial charge is 0.452 e. The van der Waals surface area contributed by atoms with Gasteiger partial charge in [0, 0.05) is 6.07 Å². The third-order valence-corrected chi connectivity index (χ3v) is 4.16. The van der Waals surface area contributed by atoms with Crippen molar-refractivity contribution in [2.75, 3.05) is 0 Å². The second-order valence-corrected chi connectivity index (χ2v) is 6.14. The van der Waals surface area contributed by atoms with Crippen LogP contribution in [0.2, 0.25) is 0 Å². The molecule has 132 valence electrons. The predicted octanol–water partition coefficient (Wildman–Crippen LogP) is 4.45. The average Bonchev–Trinajstić information content (AvgIpc) is 2.98. The molecule has 0 bridgehead atoms. The molecule has 0 unspecified atom stereocenters. The van der Waals surface area contributed by atoms with Crippen molar-refractivity contribution in [3.63, 3.8) is 0 Å². The Labute approximate surface area is 156 Å². The second-order valence-electron chi connectivity index (χ2n) is 6.14. The summed E-state index contributed by atoms with van der Waals surface area (Å²) >= 11 is 0. The minimum absolute atomic E-state index is 0.177. The van der Waals surface area contributed by atoms with Crippen LogP contribution in [0.5, 0.6) is 11.5 Å². The summed E-state index contributed by atoms with van der Waals surface area (Å²) in [6.07, 6.45) is 1.88. The third-order valence-electron chi connectivity index (χ3n) is 4.16. The number of benzene rings is 3. The van der Waals surface area contributed by atoms with Crippen LogP contribution in [0, 0.1) is 0 Å². The fourth-order valence-electron chi connectivity index (χ4n) is 2.86. The highest BCUT2D eigenvalue weighted by molar-refractivity contribution is 6.14. The Bertz CT molecular complexity index is 1020. The molecule has 4 heteroatoms. The molecule has 3 aromatic carbocycles. The molecule has 0 aromatic heterocycles. The van der Waals surface area contributed by atoms with Crippen molar-refractivity contribution in [1.29, 1.82) is 0 Å². The van der Waals surface area contributed by atoms with Gasteiger partial charge in [-0.25, -0.2) is 0 Å². The molecule has 4 nitrogen and oxygen atoms in total. The maximum Gasteiger partial charge on any atom is 0.315 e. The van der Waals surface area contributed by atoms with Gasteiger partial charge < -0.3 is 9.47 Å². The summed E-state index contributed by atoms with van der Waals surface area (Å²) in [6, 6.07) is 23.6. The fourth-order valence-corrected chi connectivity index (χ4v) is 2.86. The van der Waals surface area contributed by atoms with Crippen molar-refractivity contribution in [3.8, 4) is 11.5 Å². The van der Waals surface area contributed by atoms with Crippen molar-refractivity contribution < 1.29 is 19.1 Å². The minimum atomic E-state index is -0.370. The maximum absolute atomic E-state index is 12.5. The fraction of sp³-hybridized carbons (Fsp3) is 0.0435. The van der Waals surface area contributed by atoms with E-state index in [1.165, 1.54) is 0 Å². The Morgan fingerprint density at radius 2 is 1.63 bits per heavy atom. The quantitative estimate of drug-likeness (QED) is 0.394. The molecule has 0 fully saturated rings. The second kappa shape index (κ2) is 7.30. The summed E-state index contributed by atoms with van der Waals surface area (Å²) in [4.78, 5) is 24.6. The number of ketones is 1. The van der Waals surface area contributed by atoms with E-state index in [4.69, 9.17) is 9.47 Å². The van der Waals surface area contributed by atoms with Crippen molar-refractivity contribution in [3.05, 3.63) is 101 Å². The van der Waals surface area contributed by atoms with Gasteiger partial charge in [0.15, 0.2) is 5.76 Å². The van der Waals surface area contributed by atoms with E-state index in [1.54, 1.807) is 24.3 Å². The van der Waals surface area contributed by atoms with Gasteiger partial charge in [-0.05, 0) is 29.3 Å². The molecule has 1 heterocycles. The maximum atomic E-state index is 12.5. The molecule has 0 saturated carbocycles. The van der Waals surface area contributed by atoms with E-state index < -0.39 is 0 Å². The molecule has 0 aliphatic carbocycles. The molecule has 27 heavy (non-hydrogen) atoms. The Morgan fingerprint density at radius 1 is 0.926 bits per heavy atom. The van der Waals surface area contributed by atoms with E-state index in [0.29, 0.717) is 17.1 Å². The molecule has 0 spiro atoms. The summed E-state index contributed by atoms with van der Waals surface area (Å²) < 4.78 is 11.1. The Kier molecular flexibility index (Phi) is 4.54. The first kappa shape index (κ1) is 16.8. The first-order valence-electron chi connectivity index (χ1n) is 8.57. The molecular formula is C23H16O4. The van der Waals surface area contributed by atoms with Gasteiger partial charge in [0.1, 0.15) is 11.5 Å². The number of rotatable bonds is 4. The first-order chi connectivity index (χ1) is 13.2. The number of hydrogen-bond acceptors (Lipinski definition) is 4. The highest BCUT2D eigenvalue weighted by atomic mass is 16.5. The number of fused-ring (bicyclic) bond motifs is 1. The standard InChI is InChI=1S/C23H16O4/c24-22(14-17-9-5-2-6-10-17)26-18-11-12-19-20(15-18)27-21(23(19)25)13-16-7-3-1-4-8-16/h1-13,15H,14H2/b21-13-.